The van der Waals surface area contributed by atoms with Crippen LogP contribution in [0.4, 0.5) is 0 Å². The molecular weight excluding hydrogens is 458 g/mol. The Morgan fingerprint density at radius 3 is 2.16 bits per heavy atom. The molecule has 0 aliphatic carbocycles. The molecule has 32 heavy (non-hydrogen) atoms. The summed E-state index contributed by atoms with van der Waals surface area (Å²) < 4.78 is 64.7. The third-order valence-corrected chi connectivity index (χ3v) is 9.23. The molecule has 188 valence electrons. The van der Waals surface area contributed by atoms with Gasteiger partial charge in [0.15, 0.2) is 4.75 Å². The highest BCUT2D eigenvalue weighted by atomic mass is 32.2. The zero-order chi connectivity index (χ0) is 24.0. The number of sulfonamides is 1. The number of unbranched alkanes of at least 4 members (excludes halogenated alkanes) is 2. The maximum absolute atomic E-state index is 13.6. The fourth-order valence-electron chi connectivity index (χ4n) is 4.25. The molecule has 0 aromatic rings. The molecule has 2 fully saturated rings. The van der Waals surface area contributed by atoms with Gasteiger partial charge >= 0.3 is 5.97 Å². The lowest BCUT2D eigenvalue weighted by Crippen LogP contribution is -2.59. The van der Waals surface area contributed by atoms with Crippen molar-refractivity contribution >= 4 is 26.1 Å². The van der Waals surface area contributed by atoms with Gasteiger partial charge in [-0.1, -0.05) is 19.3 Å². The second-order valence-corrected chi connectivity index (χ2v) is 13.7. The number of ether oxygens (including phenoxy) is 2. The molecule has 0 spiro atoms. The number of hydrogen-bond donors (Lipinski definition) is 0. The van der Waals surface area contributed by atoms with Crippen molar-refractivity contribution in [1.82, 2.24) is 4.31 Å². The van der Waals surface area contributed by atoms with Gasteiger partial charge in [-0.05, 0) is 46.0 Å². The molecule has 0 atom stereocenters. The molecule has 0 aromatic heterocycles. The molecule has 0 unspecified atom stereocenters. The summed E-state index contributed by atoms with van der Waals surface area (Å²) >= 11 is 0. The first-order chi connectivity index (χ1) is 14.8. The number of hydrogen-bond acceptors (Lipinski definition) is 8. The molecule has 0 bridgehead atoms. The molecule has 0 N–H and O–H groups in total. The first-order valence-corrected chi connectivity index (χ1v) is 14.7. The molecule has 2 saturated heterocycles. The van der Waals surface area contributed by atoms with Crippen LogP contribution in [0.3, 0.4) is 0 Å². The highest BCUT2D eigenvalue weighted by Gasteiger charge is 2.56. The zero-order valence-electron chi connectivity index (χ0n) is 19.8. The fourth-order valence-corrected chi connectivity index (χ4v) is 6.79. The number of rotatable bonds is 10. The van der Waals surface area contributed by atoms with Gasteiger partial charge in [0.25, 0.3) is 10.1 Å². The number of carbonyl (C=O) groups excluding carboxylic acids is 1. The van der Waals surface area contributed by atoms with Crippen LogP contribution in [-0.2, 0) is 38.6 Å². The molecule has 0 aromatic carbocycles. The molecule has 2 heterocycles. The summed E-state index contributed by atoms with van der Waals surface area (Å²) in [6, 6.07) is 0. The third-order valence-electron chi connectivity index (χ3n) is 6.03. The summed E-state index contributed by atoms with van der Waals surface area (Å²) in [4.78, 5) is 13.0. The van der Waals surface area contributed by atoms with E-state index >= 15 is 0 Å². The average Bonchev–Trinajstić information content (AvgIpc) is 2.69. The summed E-state index contributed by atoms with van der Waals surface area (Å²) in [6.45, 7) is 6.66. The van der Waals surface area contributed by atoms with Crippen LogP contribution < -0.4 is 0 Å². The van der Waals surface area contributed by atoms with E-state index in [0.29, 0.717) is 25.4 Å². The molecule has 9 nitrogen and oxygen atoms in total. The van der Waals surface area contributed by atoms with E-state index in [-0.39, 0.29) is 32.7 Å². The van der Waals surface area contributed by atoms with Crippen molar-refractivity contribution in [1.29, 1.82) is 0 Å². The van der Waals surface area contributed by atoms with Gasteiger partial charge in [-0.25, -0.2) is 12.7 Å². The highest BCUT2D eigenvalue weighted by molar-refractivity contribution is 7.91. The average molecular weight is 498 g/mol. The minimum Gasteiger partial charge on any atom is -0.459 e. The molecule has 0 amide bonds. The Kier molecular flexibility index (Phi) is 9.55. The van der Waals surface area contributed by atoms with Gasteiger partial charge in [0.1, 0.15) is 5.60 Å². The Balaban J connectivity index is 1.90. The normalized spacial score (nSPS) is 21.4. The molecule has 0 radical (unpaired) electrons. The topological polar surface area (TPSA) is 116 Å². The van der Waals surface area contributed by atoms with E-state index in [1.165, 1.54) is 4.31 Å². The lowest BCUT2D eigenvalue weighted by molar-refractivity contribution is -0.161. The number of esters is 1. The van der Waals surface area contributed by atoms with E-state index in [1.807, 2.05) is 0 Å². The van der Waals surface area contributed by atoms with Crippen molar-refractivity contribution in [2.24, 2.45) is 5.92 Å². The lowest BCUT2D eigenvalue weighted by atomic mass is 9.92. The second-order valence-electron chi connectivity index (χ2n) is 9.83. The Bertz CT molecular complexity index is 818. The Morgan fingerprint density at radius 1 is 1.03 bits per heavy atom. The maximum atomic E-state index is 13.6. The minimum absolute atomic E-state index is 0.111. The first kappa shape index (κ1) is 27.5. The maximum Gasteiger partial charge on any atom is 0.329 e. The summed E-state index contributed by atoms with van der Waals surface area (Å²) in [5, 5.41) is 0. The smallest absolute Gasteiger partial charge is 0.329 e. The Morgan fingerprint density at radius 2 is 1.62 bits per heavy atom. The zero-order valence-corrected chi connectivity index (χ0v) is 21.4. The third kappa shape index (κ3) is 7.65. The predicted octanol–water partition coefficient (Wildman–Crippen LogP) is 2.46. The van der Waals surface area contributed by atoms with Gasteiger partial charge in [-0.15, -0.1) is 0 Å². The van der Waals surface area contributed by atoms with E-state index in [9.17, 15) is 21.6 Å². The summed E-state index contributed by atoms with van der Waals surface area (Å²) in [6.07, 6.45) is 6.24. The van der Waals surface area contributed by atoms with Gasteiger partial charge in [-0.2, -0.15) is 8.42 Å². The van der Waals surface area contributed by atoms with Crippen molar-refractivity contribution in [2.45, 2.75) is 82.5 Å². The van der Waals surface area contributed by atoms with Gasteiger partial charge in [-0.3, -0.25) is 8.98 Å². The second kappa shape index (κ2) is 11.1. The van der Waals surface area contributed by atoms with Crippen LogP contribution in [0.2, 0.25) is 0 Å². The van der Waals surface area contributed by atoms with Gasteiger partial charge in [0.2, 0.25) is 10.0 Å². The number of piperidine rings is 1. The van der Waals surface area contributed by atoms with E-state index in [4.69, 9.17) is 13.7 Å². The quantitative estimate of drug-likeness (QED) is 0.257. The molecule has 2 aliphatic rings. The van der Waals surface area contributed by atoms with Crippen LogP contribution in [0.15, 0.2) is 0 Å². The van der Waals surface area contributed by atoms with E-state index in [2.05, 4.69) is 0 Å². The Hall–Kier alpha value is -0.750. The molecule has 2 aliphatic heterocycles. The summed E-state index contributed by atoms with van der Waals surface area (Å²) in [5.41, 5.74) is -0.767. The van der Waals surface area contributed by atoms with Gasteiger partial charge in [0, 0.05) is 39.1 Å². The molecule has 2 rings (SSSR count). The number of nitrogens with zero attached hydrogens (tertiary/aromatic N) is 1. The van der Waals surface area contributed by atoms with Crippen molar-refractivity contribution in [3.05, 3.63) is 0 Å². The molecule has 11 heteroatoms. The van der Waals surface area contributed by atoms with Crippen molar-refractivity contribution in [3.63, 3.8) is 0 Å². The SMILES string of the molecule is CC(C)(C)OC(=O)C1(S(=O)(=O)N2CCC(CCCCCOS(C)(=O)=O)CC2)CCOCC1. The van der Waals surface area contributed by atoms with Crippen LogP contribution in [0.5, 0.6) is 0 Å². The summed E-state index contributed by atoms with van der Waals surface area (Å²) in [5.74, 6) is -0.254. The monoisotopic (exact) mass is 497 g/mol. The van der Waals surface area contributed by atoms with E-state index in [1.54, 1.807) is 20.8 Å². The van der Waals surface area contributed by atoms with Crippen molar-refractivity contribution in [2.75, 3.05) is 39.2 Å². The van der Waals surface area contributed by atoms with Gasteiger partial charge in [0.05, 0.1) is 12.9 Å². The lowest BCUT2D eigenvalue weighted by Gasteiger charge is -2.41. The fraction of sp³-hybridized carbons (Fsp3) is 0.952. The largest absolute Gasteiger partial charge is 0.459 e. The first-order valence-electron chi connectivity index (χ1n) is 11.4. The van der Waals surface area contributed by atoms with Crippen LogP contribution in [0.25, 0.3) is 0 Å². The molecular formula is C21H39NO8S2. The van der Waals surface area contributed by atoms with Crippen LogP contribution >= 0.6 is 0 Å². The summed E-state index contributed by atoms with van der Waals surface area (Å²) in [7, 11) is -7.27. The van der Waals surface area contributed by atoms with Crippen LogP contribution in [0, 0.1) is 5.92 Å². The highest BCUT2D eigenvalue weighted by Crippen LogP contribution is 2.37. The van der Waals surface area contributed by atoms with Crippen LogP contribution in [0.1, 0.15) is 72.1 Å². The Labute approximate surface area is 193 Å². The standard InChI is InChI=1S/C21H39NO8S2/c1-20(2,3)30-19(23)21(11-16-28-17-12-21)32(26,27)22-13-9-18(10-14-22)8-6-5-7-15-29-31(4,24)25/h18H,5-17H2,1-4H3. The van der Waals surface area contributed by atoms with Crippen molar-refractivity contribution < 1.29 is 35.3 Å². The minimum atomic E-state index is -3.88. The predicted molar refractivity (Wildman–Crippen MR) is 121 cm³/mol. The van der Waals surface area contributed by atoms with E-state index < -0.39 is 36.5 Å². The van der Waals surface area contributed by atoms with E-state index in [0.717, 1.165) is 38.4 Å². The number of carbonyl (C=O) groups is 1. The van der Waals surface area contributed by atoms with Crippen LogP contribution in [-0.4, -0.2) is 76.6 Å². The molecule has 0 saturated carbocycles. The van der Waals surface area contributed by atoms with Crippen molar-refractivity contribution in [3.8, 4) is 0 Å². The van der Waals surface area contributed by atoms with Gasteiger partial charge < -0.3 is 9.47 Å².